The summed E-state index contributed by atoms with van der Waals surface area (Å²) in [5, 5.41) is 7.86. The van der Waals surface area contributed by atoms with Crippen LogP contribution < -0.4 is 10.9 Å². The molecule has 4 nitrogen and oxygen atoms in total. The molecule has 1 aliphatic heterocycles. The van der Waals surface area contributed by atoms with Gasteiger partial charge in [0.1, 0.15) is 5.69 Å². The summed E-state index contributed by atoms with van der Waals surface area (Å²) < 4.78 is 1.57. The molecule has 6 heteroatoms. The number of halogens is 1. The molecule has 110 valence electrons. The number of aromatic nitrogens is 2. The molecule has 0 aromatic carbocycles. The van der Waals surface area contributed by atoms with Crippen LogP contribution >= 0.6 is 23.4 Å². The Hall–Kier alpha value is -0.680. The molecule has 0 radical (unpaired) electrons. The number of hydrogen-bond acceptors (Lipinski definition) is 4. The largest absolute Gasteiger partial charge is 0.379 e. The molecule has 1 aromatic rings. The van der Waals surface area contributed by atoms with E-state index in [0.717, 1.165) is 13.1 Å². The molecule has 2 heterocycles. The second-order valence-corrected chi connectivity index (χ2v) is 7.32. The minimum absolute atomic E-state index is 0.0740. The molecule has 1 aromatic heterocycles. The minimum Gasteiger partial charge on any atom is -0.379 e. The Balaban J connectivity index is 1.70. The average Bonchev–Trinajstić information content (AvgIpc) is 2.89. The van der Waals surface area contributed by atoms with Gasteiger partial charge in [-0.25, -0.2) is 4.68 Å². The van der Waals surface area contributed by atoms with Crippen LogP contribution in [0.2, 0.25) is 5.02 Å². The number of nitrogens with one attached hydrogen (secondary N) is 1. The summed E-state index contributed by atoms with van der Waals surface area (Å²) in [7, 11) is 0. The minimum atomic E-state index is -0.0740. The number of hydrogen-bond donors (Lipinski definition) is 1. The number of rotatable bonds is 5. The Morgan fingerprint density at radius 1 is 1.40 bits per heavy atom. The van der Waals surface area contributed by atoms with Gasteiger partial charge < -0.3 is 5.32 Å². The average molecular weight is 314 g/mol. The smallest absolute Gasteiger partial charge is 0.291 e. The fourth-order valence-corrected chi connectivity index (χ4v) is 4.15. The van der Waals surface area contributed by atoms with E-state index in [9.17, 15) is 4.79 Å². The molecule has 0 spiro atoms. The van der Waals surface area contributed by atoms with E-state index in [2.05, 4.69) is 10.4 Å². The van der Waals surface area contributed by atoms with Gasteiger partial charge in [-0.1, -0.05) is 18.0 Å². The predicted octanol–water partition coefficient (Wildman–Crippen LogP) is 2.86. The quantitative estimate of drug-likeness (QED) is 0.908. The first-order valence-electron chi connectivity index (χ1n) is 7.31. The predicted molar refractivity (Wildman–Crippen MR) is 84.8 cm³/mol. The van der Waals surface area contributed by atoms with E-state index < -0.39 is 0 Å². The highest BCUT2D eigenvalue weighted by Gasteiger charge is 2.21. The Bertz CT molecular complexity index is 524. The van der Waals surface area contributed by atoms with E-state index in [-0.39, 0.29) is 5.56 Å². The van der Waals surface area contributed by atoms with Crippen molar-refractivity contribution in [3.63, 3.8) is 0 Å². The van der Waals surface area contributed by atoms with E-state index in [1.165, 1.54) is 37.2 Å². The zero-order chi connectivity index (χ0) is 13.9. The van der Waals surface area contributed by atoms with Gasteiger partial charge in [0.05, 0.1) is 11.2 Å². The third-order valence-electron chi connectivity index (χ3n) is 4.24. The van der Waals surface area contributed by atoms with Gasteiger partial charge in [-0.2, -0.15) is 16.9 Å². The second kappa shape index (κ2) is 6.39. The van der Waals surface area contributed by atoms with E-state index in [1.807, 2.05) is 11.8 Å². The molecule has 1 atom stereocenters. The third-order valence-corrected chi connectivity index (χ3v) is 5.76. The maximum absolute atomic E-state index is 12.4. The van der Waals surface area contributed by atoms with Gasteiger partial charge in [0.2, 0.25) is 0 Å². The van der Waals surface area contributed by atoms with E-state index in [0.29, 0.717) is 22.5 Å². The van der Waals surface area contributed by atoms with Crippen molar-refractivity contribution in [2.45, 2.75) is 32.2 Å². The van der Waals surface area contributed by atoms with Gasteiger partial charge in [0.15, 0.2) is 0 Å². The van der Waals surface area contributed by atoms with Crippen molar-refractivity contribution < 1.29 is 0 Å². The van der Waals surface area contributed by atoms with Crippen LogP contribution in [0.15, 0.2) is 11.0 Å². The van der Waals surface area contributed by atoms with Gasteiger partial charge in [0.25, 0.3) is 5.56 Å². The lowest BCUT2D eigenvalue weighted by Crippen LogP contribution is -2.31. The molecule has 1 saturated heterocycles. The zero-order valence-corrected chi connectivity index (χ0v) is 13.1. The van der Waals surface area contributed by atoms with E-state index in [1.54, 1.807) is 10.9 Å². The zero-order valence-electron chi connectivity index (χ0n) is 11.5. The monoisotopic (exact) mass is 313 g/mol. The summed E-state index contributed by atoms with van der Waals surface area (Å²) in [5.41, 5.74) is 0.452. The van der Waals surface area contributed by atoms with Crippen molar-refractivity contribution in [3.8, 4) is 0 Å². The summed E-state index contributed by atoms with van der Waals surface area (Å²) in [4.78, 5) is 12.4. The van der Waals surface area contributed by atoms with Crippen molar-refractivity contribution in [3.05, 3.63) is 21.6 Å². The fraction of sp³-hybridized carbons (Fsp3) is 0.714. The lowest BCUT2D eigenvalue weighted by atomic mass is 9.85. The molecule has 1 N–H and O–H groups in total. The highest BCUT2D eigenvalue weighted by atomic mass is 35.5. The first-order chi connectivity index (χ1) is 9.74. The molecule has 2 fully saturated rings. The van der Waals surface area contributed by atoms with Crippen LogP contribution in [0.25, 0.3) is 0 Å². The molecule has 1 aliphatic carbocycles. The normalized spacial score (nSPS) is 22.8. The topological polar surface area (TPSA) is 46.9 Å². The van der Waals surface area contributed by atoms with Gasteiger partial charge in [0, 0.05) is 13.1 Å². The summed E-state index contributed by atoms with van der Waals surface area (Å²) in [5.74, 6) is 3.65. The standard InChI is InChI=1S/C14H20ClN3OS/c15-12-7-17-18(8-10-2-1-3-10)14(19)13(12)16-6-11-4-5-20-9-11/h7,10-11,16H,1-6,8-9H2. The van der Waals surface area contributed by atoms with Crippen molar-refractivity contribution in [1.82, 2.24) is 9.78 Å². The molecular weight excluding hydrogens is 294 g/mol. The Labute approximate surface area is 128 Å². The van der Waals surface area contributed by atoms with Crippen molar-refractivity contribution in [2.24, 2.45) is 11.8 Å². The molecular formula is C14H20ClN3OS. The molecule has 20 heavy (non-hydrogen) atoms. The molecule has 2 aliphatic rings. The van der Waals surface area contributed by atoms with E-state index >= 15 is 0 Å². The van der Waals surface area contributed by atoms with Crippen LogP contribution in [0, 0.1) is 11.8 Å². The summed E-state index contributed by atoms with van der Waals surface area (Å²) >= 11 is 8.11. The van der Waals surface area contributed by atoms with Gasteiger partial charge in [-0.05, 0) is 42.6 Å². The van der Waals surface area contributed by atoms with Crippen molar-refractivity contribution in [1.29, 1.82) is 0 Å². The Morgan fingerprint density at radius 2 is 2.25 bits per heavy atom. The van der Waals surface area contributed by atoms with Crippen molar-refractivity contribution >= 4 is 29.1 Å². The highest BCUT2D eigenvalue weighted by Crippen LogP contribution is 2.28. The summed E-state index contributed by atoms with van der Waals surface area (Å²) in [6.07, 6.45) is 6.50. The van der Waals surface area contributed by atoms with Crippen LogP contribution in [-0.4, -0.2) is 27.8 Å². The van der Waals surface area contributed by atoms with Gasteiger partial charge >= 0.3 is 0 Å². The number of thioether (sulfide) groups is 1. The third kappa shape index (κ3) is 3.14. The van der Waals surface area contributed by atoms with Crippen LogP contribution in [0.4, 0.5) is 5.69 Å². The van der Waals surface area contributed by atoms with Crippen LogP contribution in [0.5, 0.6) is 0 Å². The van der Waals surface area contributed by atoms with Gasteiger partial charge in [-0.3, -0.25) is 4.79 Å². The number of anilines is 1. The summed E-state index contributed by atoms with van der Waals surface area (Å²) in [6.45, 7) is 1.55. The van der Waals surface area contributed by atoms with E-state index in [4.69, 9.17) is 11.6 Å². The molecule has 1 unspecified atom stereocenters. The van der Waals surface area contributed by atoms with Crippen LogP contribution in [0.1, 0.15) is 25.7 Å². The van der Waals surface area contributed by atoms with Crippen molar-refractivity contribution in [2.75, 3.05) is 23.4 Å². The fourth-order valence-electron chi connectivity index (χ4n) is 2.67. The Morgan fingerprint density at radius 3 is 2.90 bits per heavy atom. The molecule has 0 bridgehead atoms. The SMILES string of the molecule is O=c1c(NCC2CCSC2)c(Cl)cnn1CC1CCC1. The van der Waals surface area contributed by atoms with Gasteiger partial charge in [-0.15, -0.1) is 0 Å². The lowest BCUT2D eigenvalue weighted by Gasteiger charge is -2.25. The second-order valence-electron chi connectivity index (χ2n) is 5.76. The molecule has 0 amide bonds. The first-order valence-corrected chi connectivity index (χ1v) is 8.84. The Kier molecular flexibility index (Phi) is 4.56. The summed E-state index contributed by atoms with van der Waals surface area (Å²) in [6, 6.07) is 0. The maximum Gasteiger partial charge on any atom is 0.291 e. The molecule has 3 rings (SSSR count). The lowest BCUT2D eigenvalue weighted by molar-refractivity contribution is 0.262. The maximum atomic E-state index is 12.4. The van der Waals surface area contributed by atoms with Crippen LogP contribution in [-0.2, 0) is 6.54 Å². The molecule has 1 saturated carbocycles. The highest BCUT2D eigenvalue weighted by molar-refractivity contribution is 7.99. The number of nitrogens with zero attached hydrogens (tertiary/aromatic N) is 2. The van der Waals surface area contributed by atoms with Crippen LogP contribution in [0.3, 0.4) is 0 Å². The first kappa shape index (κ1) is 14.3.